The zero-order valence-corrected chi connectivity index (χ0v) is 8.79. The summed E-state index contributed by atoms with van der Waals surface area (Å²) in [5.41, 5.74) is -0.0993. The molecule has 1 saturated heterocycles. The van der Waals surface area contributed by atoms with E-state index in [0.29, 0.717) is 0 Å². The molecule has 17 heavy (non-hydrogen) atoms. The van der Waals surface area contributed by atoms with Crippen LogP contribution in [0.25, 0.3) is 0 Å². The highest BCUT2D eigenvalue weighted by molar-refractivity contribution is 5.69. The van der Waals surface area contributed by atoms with Gasteiger partial charge in [-0.1, -0.05) is 12.1 Å². The maximum Gasteiger partial charge on any atom is 0.407 e. The zero-order valence-electron chi connectivity index (χ0n) is 8.79. The summed E-state index contributed by atoms with van der Waals surface area (Å²) in [5.74, 6) is 0.179. The van der Waals surface area contributed by atoms with Gasteiger partial charge in [-0.05, 0) is 6.07 Å². The number of nitrogens with one attached hydrogen (secondary N) is 1. The topological polar surface area (TPSA) is 90.7 Å². The van der Waals surface area contributed by atoms with Gasteiger partial charge >= 0.3 is 11.8 Å². The first kappa shape index (κ1) is 11.2. The smallest absolute Gasteiger partial charge is 0.407 e. The van der Waals surface area contributed by atoms with Gasteiger partial charge in [0.15, 0.2) is 5.75 Å². The Labute approximate surface area is 96.5 Å². The Morgan fingerprint density at radius 2 is 2.29 bits per heavy atom. The molecule has 0 radical (unpaired) electrons. The third kappa shape index (κ3) is 2.63. The normalized spacial score (nSPS) is 18.4. The van der Waals surface area contributed by atoms with Crippen molar-refractivity contribution in [1.82, 2.24) is 5.32 Å². The summed E-state index contributed by atoms with van der Waals surface area (Å²) in [5, 5.41) is 13.2. The highest BCUT2D eigenvalue weighted by atomic mass is 16.6. The van der Waals surface area contributed by atoms with E-state index >= 15 is 0 Å². The molecular formula is C10H10N2O5. The number of alkyl carbamates (subject to hydrolysis) is 1. The van der Waals surface area contributed by atoms with Crippen LogP contribution in [0.15, 0.2) is 24.3 Å². The average molecular weight is 238 g/mol. The van der Waals surface area contributed by atoms with Crippen molar-refractivity contribution in [3.05, 3.63) is 34.4 Å². The van der Waals surface area contributed by atoms with Gasteiger partial charge in [-0.25, -0.2) is 4.79 Å². The number of nitro groups is 1. The van der Waals surface area contributed by atoms with Gasteiger partial charge in [-0.3, -0.25) is 10.1 Å². The average Bonchev–Trinajstić information content (AvgIpc) is 2.73. The first-order valence-corrected chi connectivity index (χ1v) is 4.96. The van der Waals surface area contributed by atoms with E-state index in [1.807, 2.05) is 0 Å². The van der Waals surface area contributed by atoms with Crippen molar-refractivity contribution in [2.24, 2.45) is 0 Å². The molecular weight excluding hydrogens is 228 g/mol. The van der Waals surface area contributed by atoms with Crippen LogP contribution in [-0.2, 0) is 4.74 Å². The van der Waals surface area contributed by atoms with Crippen LogP contribution in [-0.4, -0.2) is 30.3 Å². The van der Waals surface area contributed by atoms with Crippen molar-refractivity contribution in [1.29, 1.82) is 0 Å². The Bertz CT molecular complexity index is 448. The molecule has 1 aromatic rings. The minimum Gasteiger partial charge on any atom is -0.484 e. The molecule has 1 aromatic carbocycles. The first-order valence-electron chi connectivity index (χ1n) is 4.96. The third-order valence-electron chi connectivity index (χ3n) is 2.24. The van der Waals surface area contributed by atoms with Crippen LogP contribution < -0.4 is 10.1 Å². The number of hydrogen-bond donors (Lipinski definition) is 1. The predicted octanol–water partition coefficient (Wildman–Crippen LogP) is 1.08. The van der Waals surface area contributed by atoms with E-state index in [2.05, 4.69) is 10.1 Å². The molecule has 1 heterocycles. The largest absolute Gasteiger partial charge is 0.484 e. The van der Waals surface area contributed by atoms with Gasteiger partial charge < -0.3 is 14.8 Å². The van der Waals surface area contributed by atoms with Crippen LogP contribution in [0, 0.1) is 10.1 Å². The SMILES string of the molecule is O=C1N[C@H](COc2ccccc2[N+](=O)[O-])CO1. The molecule has 0 unspecified atom stereocenters. The van der Waals surface area contributed by atoms with E-state index in [-0.39, 0.29) is 30.7 Å². The number of benzene rings is 1. The second-order valence-corrected chi connectivity index (χ2v) is 3.48. The highest BCUT2D eigenvalue weighted by Crippen LogP contribution is 2.25. The Kier molecular flexibility index (Phi) is 3.08. The number of para-hydroxylation sites is 2. The van der Waals surface area contributed by atoms with Gasteiger partial charge in [-0.2, -0.15) is 0 Å². The maximum absolute atomic E-state index is 10.7. The molecule has 0 saturated carbocycles. The zero-order chi connectivity index (χ0) is 12.3. The van der Waals surface area contributed by atoms with Gasteiger partial charge in [-0.15, -0.1) is 0 Å². The predicted molar refractivity (Wildman–Crippen MR) is 56.9 cm³/mol. The van der Waals surface area contributed by atoms with Gasteiger partial charge in [0.05, 0.1) is 4.92 Å². The molecule has 7 heteroatoms. The van der Waals surface area contributed by atoms with Crippen molar-refractivity contribution in [3.8, 4) is 5.75 Å². The molecule has 2 rings (SSSR count). The van der Waals surface area contributed by atoms with Crippen molar-refractivity contribution < 1.29 is 19.2 Å². The minimum atomic E-state index is -0.515. The number of amides is 1. The molecule has 0 bridgehead atoms. The maximum atomic E-state index is 10.7. The van der Waals surface area contributed by atoms with E-state index in [4.69, 9.17) is 4.74 Å². The fourth-order valence-corrected chi connectivity index (χ4v) is 1.44. The molecule has 90 valence electrons. The summed E-state index contributed by atoms with van der Waals surface area (Å²) in [4.78, 5) is 20.9. The number of cyclic esters (lactones) is 1. The van der Waals surface area contributed by atoms with Gasteiger partial charge in [0.2, 0.25) is 0 Å². The molecule has 1 aliphatic rings. The Balaban J connectivity index is 1.99. The Morgan fingerprint density at radius 1 is 1.53 bits per heavy atom. The van der Waals surface area contributed by atoms with Gasteiger partial charge in [0.25, 0.3) is 0 Å². The van der Waals surface area contributed by atoms with Crippen LogP contribution in [0.5, 0.6) is 5.75 Å². The molecule has 1 aliphatic heterocycles. The standard InChI is InChI=1S/C10H10N2O5/c13-10-11-7(6-17-10)5-16-9-4-2-1-3-8(9)12(14)15/h1-4,7H,5-6H2,(H,11,13)/t7-/m1/s1. The second-order valence-electron chi connectivity index (χ2n) is 3.48. The number of ether oxygens (including phenoxy) is 2. The van der Waals surface area contributed by atoms with Crippen LogP contribution >= 0.6 is 0 Å². The fourth-order valence-electron chi connectivity index (χ4n) is 1.44. The van der Waals surface area contributed by atoms with Gasteiger partial charge in [0, 0.05) is 6.07 Å². The van der Waals surface area contributed by atoms with E-state index < -0.39 is 11.0 Å². The number of nitrogens with zero attached hydrogens (tertiary/aromatic N) is 1. The molecule has 1 fully saturated rings. The number of hydrogen-bond acceptors (Lipinski definition) is 5. The van der Waals surface area contributed by atoms with Crippen LogP contribution in [0.4, 0.5) is 10.5 Å². The van der Waals surface area contributed by atoms with Crippen molar-refractivity contribution >= 4 is 11.8 Å². The summed E-state index contributed by atoms with van der Waals surface area (Å²) in [6.45, 7) is 0.343. The highest BCUT2D eigenvalue weighted by Gasteiger charge is 2.23. The lowest BCUT2D eigenvalue weighted by molar-refractivity contribution is -0.385. The Hall–Kier alpha value is -2.31. The van der Waals surface area contributed by atoms with Crippen LogP contribution in [0.1, 0.15) is 0 Å². The van der Waals surface area contributed by atoms with E-state index in [1.54, 1.807) is 12.1 Å². The fraction of sp³-hybridized carbons (Fsp3) is 0.300. The van der Waals surface area contributed by atoms with E-state index in [1.165, 1.54) is 12.1 Å². The molecule has 1 amide bonds. The quantitative estimate of drug-likeness (QED) is 0.626. The summed E-state index contributed by atoms with van der Waals surface area (Å²) in [7, 11) is 0. The van der Waals surface area contributed by atoms with Crippen LogP contribution in [0.2, 0.25) is 0 Å². The summed E-state index contributed by atoms with van der Waals surface area (Å²) in [6.07, 6.45) is -0.499. The first-order chi connectivity index (χ1) is 8.16. The molecule has 0 aliphatic carbocycles. The summed E-state index contributed by atoms with van der Waals surface area (Å²) >= 11 is 0. The van der Waals surface area contributed by atoms with E-state index in [0.717, 1.165) is 0 Å². The minimum absolute atomic E-state index is 0.0993. The summed E-state index contributed by atoms with van der Waals surface area (Å²) < 4.78 is 9.96. The van der Waals surface area contributed by atoms with Crippen molar-refractivity contribution in [3.63, 3.8) is 0 Å². The van der Waals surface area contributed by atoms with Crippen molar-refractivity contribution in [2.45, 2.75) is 6.04 Å². The van der Waals surface area contributed by atoms with E-state index in [9.17, 15) is 14.9 Å². The van der Waals surface area contributed by atoms with Crippen molar-refractivity contribution in [2.75, 3.05) is 13.2 Å². The molecule has 0 spiro atoms. The number of rotatable bonds is 4. The lowest BCUT2D eigenvalue weighted by Gasteiger charge is -2.09. The lowest BCUT2D eigenvalue weighted by atomic mass is 10.3. The number of carbonyl (C=O) groups excluding carboxylic acids is 1. The third-order valence-corrected chi connectivity index (χ3v) is 2.24. The van der Waals surface area contributed by atoms with Crippen LogP contribution in [0.3, 0.4) is 0 Å². The number of carbonyl (C=O) groups is 1. The number of nitro benzene ring substituents is 1. The molecule has 7 nitrogen and oxygen atoms in total. The Morgan fingerprint density at radius 3 is 2.94 bits per heavy atom. The van der Waals surface area contributed by atoms with Gasteiger partial charge in [0.1, 0.15) is 19.3 Å². The lowest BCUT2D eigenvalue weighted by Crippen LogP contribution is -2.32. The molecule has 0 aromatic heterocycles. The second kappa shape index (κ2) is 4.69. The molecule has 1 atom stereocenters. The molecule has 1 N–H and O–H groups in total. The summed E-state index contributed by atoms with van der Waals surface area (Å²) in [6, 6.07) is 5.80. The monoisotopic (exact) mass is 238 g/mol.